The van der Waals surface area contributed by atoms with E-state index in [9.17, 15) is 9.90 Å². The predicted molar refractivity (Wildman–Crippen MR) is 72.6 cm³/mol. The van der Waals surface area contributed by atoms with Gasteiger partial charge in [-0.25, -0.2) is 14.8 Å². The van der Waals surface area contributed by atoms with Crippen molar-refractivity contribution in [3.8, 4) is 0 Å². The molecular formula is C13H21N3O3. The number of hydrogen-bond donors (Lipinski definition) is 1. The average Bonchev–Trinajstić information content (AvgIpc) is 2.43. The number of hydrogen-bond acceptors (Lipinski definition) is 5. The largest absolute Gasteiger partial charge is 0.477 e. The van der Waals surface area contributed by atoms with Crippen molar-refractivity contribution in [2.75, 3.05) is 25.2 Å². The molecule has 6 nitrogen and oxygen atoms in total. The molecule has 0 bridgehead atoms. The first kappa shape index (κ1) is 15.4. The quantitative estimate of drug-likeness (QED) is 0.774. The van der Waals surface area contributed by atoms with Gasteiger partial charge in [0.25, 0.3) is 0 Å². The van der Waals surface area contributed by atoms with Gasteiger partial charge in [-0.3, -0.25) is 0 Å². The van der Waals surface area contributed by atoms with E-state index in [2.05, 4.69) is 23.8 Å². The first-order valence-electron chi connectivity index (χ1n) is 6.44. The summed E-state index contributed by atoms with van der Waals surface area (Å²) in [7, 11) is 1.63. The van der Waals surface area contributed by atoms with Gasteiger partial charge in [0.05, 0.1) is 6.61 Å². The van der Waals surface area contributed by atoms with E-state index in [1.165, 1.54) is 12.5 Å². The third-order valence-corrected chi connectivity index (χ3v) is 3.11. The van der Waals surface area contributed by atoms with Crippen molar-refractivity contribution in [2.24, 2.45) is 0 Å². The van der Waals surface area contributed by atoms with Crippen LogP contribution in [0.4, 0.5) is 5.82 Å². The maximum absolute atomic E-state index is 11.3. The van der Waals surface area contributed by atoms with Gasteiger partial charge in [-0.2, -0.15) is 0 Å². The lowest BCUT2D eigenvalue weighted by Gasteiger charge is -2.32. The second kappa shape index (κ2) is 7.68. The minimum absolute atomic E-state index is 0.130. The van der Waals surface area contributed by atoms with E-state index < -0.39 is 5.97 Å². The highest BCUT2D eigenvalue weighted by molar-refractivity contribution is 5.92. The summed E-state index contributed by atoms with van der Waals surface area (Å²) in [5, 5.41) is 9.23. The van der Waals surface area contributed by atoms with Crippen molar-refractivity contribution >= 4 is 11.8 Å². The summed E-state index contributed by atoms with van der Waals surface area (Å²) in [5.41, 5.74) is 0.130. The SMILES string of the molecule is CCC(CC)N(CCOC)c1ncncc1C(=O)O. The Balaban J connectivity index is 3.12. The van der Waals surface area contributed by atoms with Gasteiger partial charge in [0.1, 0.15) is 17.7 Å². The highest BCUT2D eigenvalue weighted by Crippen LogP contribution is 2.21. The molecule has 6 heteroatoms. The Bertz CT molecular complexity index is 408. The van der Waals surface area contributed by atoms with Crippen molar-refractivity contribution in [2.45, 2.75) is 32.7 Å². The van der Waals surface area contributed by atoms with Crippen LogP contribution in [0.1, 0.15) is 37.0 Å². The molecule has 0 aliphatic heterocycles. The van der Waals surface area contributed by atoms with Crippen LogP contribution in [-0.2, 0) is 4.74 Å². The van der Waals surface area contributed by atoms with E-state index >= 15 is 0 Å². The standard InChI is InChI=1S/C13H21N3O3/c1-4-10(5-2)16(6-7-19-3)12-11(13(17)18)8-14-9-15-12/h8-10H,4-7H2,1-3H3,(H,17,18). The Kier molecular flexibility index (Phi) is 6.21. The van der Waals surface area contributed by atoms with E-state index in [-0.39, 0.29) is 11.6 Å². The first-order chi connectivity index (χ1) is 9.15. The summed E-state index contributed by atoms with van der Waals surface area (Å²) in [6.07, 6.45) is 4.56. The van der Waals surface area contributed by atoms with Crippen LogP contribution in [0.2, 0.25) is 0 Å². The van der Waals surface area contributed by atoms with Gasteiger partial charge < -0.3 is 14.7 Å². The zero-order chi connectivity index (χ0) is 14.3. The molecule has 0 aromatic carbocycles. The van der Waals surface area contributed by atoms with Gasteiger partial charge in [0.15, 0.2) is 0 Å². The van der Waals surface area contributed by atoms with Crippen molar-refractivity contribution in [3.63, 3.8) is 0 Å². The minimum atomic E-state index is -1.01. The van der Waals surface area contributed by atoms with Crippen LogP contribution in [0.15, 0.2) is 12.5 Å². The zero-order valence-corrected chi connectivity index (χ0v) is 11.7. The molecule has 19 heavy (non-hydrogen) atoms. The molecule has 1 N–H and O–H groups in total. The van der Waals surface area contributed by atoms with Gasteiger partial charge in [0.2, 0.25) is 0 Å². The molecule has 0 saturated heterocycles. The topological polar surface area (TPSA) is 75.5 Å². The summed E-state index contributed by atoms with van der Waals surface area (Å²) in [4.78, 5) is 21.2. The van der Waals surface area contributed by atoms with Crippen LogP contribution in [0, 0.1) is 0 Å². The Hall–Kier alpha value is -1.69. The molecule has 0 radical (unpaired) electrons. The molecule has 1 aromatic heterocycles. The molecule has 1 rings (SSSR count). The molecule has 0 unspecified atom stereocenters. The highest BCUT2D eigenvalue weighted by Gasteiger charge is 2.22. The number of ether oxygens (including phenoxy) is 1. The zero-order valence-electron chi connectivity index (χ0n) is 11.7. The smallest absolute Gasteiger partial charge is 0.341 e. The van der Waals surface area contributed by atoms with Crippen molar-refractivity contribution in [3.05, 3.63) is 18.1 Å². The Morgan fingerprint density at radius 2 is 2.16 bits per heavy atom. The second-order valence-corrected chi connectivity index (χ2v) is 4.22. The van der Waals surface area contributed by atoms with Gasteiger partial charge in [-0.05, 0) is 12.8 Å². The molecule has 0 saturated carbocycles. The van der Waals surface area contributed by atoms with Gasteiger partial charge in [-0.1, -0.05) is 13.8 Å². The fourth-order valence-electron chi connectivity index (χ4n) is 2.08. The number of rotatable bonds is 8. The number of aromatic carboxylic acids is 1. The van der Waals surface area contributed by atoms with E-state index in [1.54, 1.807) is 7.11 Å². The Morgan fingerprint density at radius 1 is 1.47 bits per heavy atom. The number of anilines is 1. The van der Waals surface area contributed by atoms with Crippen LogP contribution < -0.4 is 4.90 Å². The highest BCUT2D eigenvalue weighted by atomic mass is 16.5. The number of methoxy groups -OCH3 is 1. The summed E-state index contributed by atoms with van der Waals surface area (Å²) < 4.78 is 5.10. The van der Waals surface area contributed by atoms with Gasteiger partial charge in [-0.15, -0.1) is 0 Å². The maximum atomic E-state index is 11.3. The number of carbonyl (C=O) groups is 1. The maximum Gasteiger partial charge on any atom is 0.341 e. The van der Waals surface area contributed by atoms with Crippen LogP contribution in [0.25, 0.3) is 0 Å². The van der Waals surface area contributed by atoms with Crippen LogP contribution in [0.3, 0.4) is 0 Å². The summed E-state index contributed by atoms with van der Waals surface area (Å²) in [5.74, 6) is -0.544. The van der Waals surface area contributed by atoms with E-state index in [1.807, 2.05) is 4.90 Å². The molecule has 0 aliphatic carbocycles. The monoisotopic (exact) mass is 267 g/mol. The molecule has 0 spiro atoms. The number of nitrogens with zero attached hydrogens (tertiary/aromatic N) is 3. The number of aromatic nitrogens is 2. The number of carboxylic acids is 1. The van der Waals surface area contributed by atoms with Crippen molar-refractivity contribution in [1.29, 1.82) is 0 Å². The first-order valence-corrected chi connectivity index (χ1v) is 6.44. The Labute approximate surface area is 113 Å². The third-order valence-electron chi connectivity index (χ3n) is 3.11. The average molecular weight is 267 g/mol. The minimum Gasteiger partial charge on any atom is -0.477 e. The lowest BCUT2D eigenvalue weighted by Crippen LogP contribution is -2.38. The van der Waals surface area contributed by atoms with E-state index in [0.29, 0.717) is 19.0 Å². The second-order valence-electron chi connectivity index (χ2n) is 4.22. The van der Waals surface area contributed by atoms with Crippen molar-refractivity contribution in [1.82, 2.24) is 9.97 Å². The fourth-order valence-corrected chi connectivity index (χ4v) is 2.08. The van der Waals surface area contributed by atoms with Gasteiger partial charge >= 0.3 is 5.97 Å². The summed E-state index contributed by atoms with van der Waals surface area (Å²) >= 11 is 0. The lowest BCUT2D eigenvalue weighted by molar-refractivity contribution is 0.0696. The van der Waals surface area contributed by atoms with Crippen LogP contribution in [-0.4, -0.2) is 47.3 Å². The number of carboxylic acid groups (broad SMARTS) is 1. The molecule has 0 fully saturated rings. The molecule has 1 heterocycles. The fraction of sp³-hybridized carbons (Fsp3) is 0.615. The van der Waals surface area contributed by atoms with Crippen LogP contribution in [0.5, 0.6) is 0 Å². The Morgan fingerprint density at radius 3 is 2.68 bits per heavy atom. The molecule has 106 valence electrons. The third kappa shape index (κ3) is 3.89. The molecule has 0 aliphatic rings. The molecule has 0 amide bonds. The van der Waals surface area contributed by atoms with Gasteiger partial charge in [0, 0.05) is 25.9 Å². The predicted octanol–water partition coefficient (Wildman–Crippen LogP) is 1.82. The normalized spacial score (nSPS) is 10.7. The molecule has 0 atom stereocenters. The lowest BCUT2D eigenvalue weighted by atomic mass is 10.1. The molecule has 1 aromatic rings. The van der Waals surface area contributed by atoms with Crippen LogP contribution >= 0.6 is 0 Å². The van der Waals surface area contributed by atoms with E-state index in [4.69, 9.17) is 4.74 Å². The summed E-state index contributed by atoms with van der Waals surface area (Å²) in [6, 6.07) is 0.239. The van der Waals surface area contributed by atoms with Crippen molar-refractivity contribution < 1.29 is 14.6 Å². The van der Waals surface area contributed by atoms with E-state index in [0.717, 1.165) is 12.8 Å². The molecular weight excluding hydrogens is 246 g/mol. The summed E-state index contributed by atoms with van der Waals surface area (Å²) in [6.45, 7) is 5.30.